The Morgan fingerprint density at radius 1 is 0.500 bits per heavy atom. The van der Waals surface area contributed by atoms with Crippen LogP contribution in [0.5, 0.6) is 0 Å². The first kappa shape index (κ1) is 52.3. The molecule has 3 N–H and O–H groups in total. The summed E-state index contributed by atoms with van der Waals surface area (Å²) < 4.78 is 5.44. The molecule has 0 aliphatic rings. The lowest BCUT2D eigenvalue weighted by atomic mass is 10.0. The maximum atomic E-state index is 12.4. The number of unbranched alkanes of at least 4 members (excludes halogenated alkanes) is 30. The Labute approximate surface area is 335 Å². The number of carbonyl (C=O) groups is 2. The van der Waals surface area contributed by atoms with Crippen LogP contribution in [-0.4, -0.2) is 47.4 Å². The fourth-order valence-electron chi connectivity index (χ4n) is 7.04. The van der Waals surface area contributed by atoms with Crippen LogP contribution in [0.15, 0.2) is 24.3 Å². The number of amides is 1. The van der Waals surface area contributed by atoms with E-state index in [0.29, 0.717) is 19.4 Å². The Hall–Kier alpha value is -1.66. The van der Waals surface area contributed by atoms with E-state index in [4.69, 9.17) is 4.74 Å². The lowest BCUT2D eigenvalue weighted by molar-refractivity contribution is -0.143. The number of allylic oxidation sites excluding steroid dienone is 3. The van der Waals surface area contributed by atoms with Crippen molar-refractivity contribution in [1.29, 1.82) is 0 Å². The van der Waals surface area contributed by atoms with E-state index in [-0.39, 0.29) is 18.5 Å². The van der Waals surface area contributed by atoms with Gasteiger partial charge in [-0.1, -0.05) is 199 Å². The Kier molecular flexibility index (Phi) is 42.7. The number of hydrogen-bond acceptors (Lipinski definition) is 5. The van der Waals surface area contributed by atoms with Crippen molar-refractivity contribution in [3.8, 4) is 0 Å². The van der Waals surface area contributed by atoms with Gasteiger partial charge in [0.15, 0.2) is 0 Å². The van der Waals surface area contributed by atoms with Gasteiger partial charge in [-0.15, -0.1) is 0 Å². The van der Waals surface area contributed by atoms with E-state index in [1.54, 1.807) is 6.08 Å². The van der Waals surface area contributed by atoms with Crippen molar-refractivity contribution in [1.82, 2.24) is 5.32 Å². The van der Waals surface area contributed by atoms with Gasteiger partial charge in [0.1, 0.15) is 0 Å². The second-order valence-corrected chi connectivity index (χ2v) is 16.1. The van der Waals surface area contributed by atoms with Crippen LogP contribution in [0, 0.1) is 0 Å². The molecule has 6 heteroatoms. The third-order valence-electron chi connectivity index (χ3n) is 10.7. The zero-order valence-electron chi connectivity index (χ0n) is 36.0. The predicted molar refractivity (Wildman–Crippen MR) is 232 cm³/mol. The summed E-state index contributed by atoms with van der Waals surface area (Å²) in [6, 6.07) is -0.637. The van der Waals surface area contributed by atoms with Crippen LogP contribution in [-0.2, 0) is 14.3 Å². The summed E-state index contributed by atoms with van der Waals surface area (Å²) in [7, 11) is 0. The summed E-state index contributed by atoms with van der Waals surface area (Å²) in [6.07, 6.45) is 50.2. The number of carbonyl (C=O) groups excluding carboxylic acids is 2. The second kappa shape index (κ2) is 44.1. The highest BCUT2D eigenvalue weighted by atomic mass is 16.5. The smallest absolute Gasteiger partial charge is 0.305 e. The van der Waals surface area contributed by atoms with Crippen molar-refractivity contribution in [2.24, 2.45) is 0 Å². The quantitative estimate of drug-likeness (QED) is 0.0327. The van der Waals surface area contributed by atoms with Crippen LogP contribution >= 0.6 is 0 Å². The van der Waals surface area contributed by atoms with Crippen LogP contribution in [0.4, 0.5) is 0 Å². The molecule has 0 rings (SSSR count). The normalized spacial score (nSPS) is 12.9. The Balaban J connectivity index is 3.49. The van der Waals surface area contributed by atoms with Gasteiger partial charge in [0, 0.05) is 12.8 Å². The van der Waals surface area contributed by atoms with Gasteiger partial charge < -0.3 is 20.3 Å². The first-order chi connectivity index (χ1) is 26.5. The Morgan fingerprint density at radius 2 is 0.870 bits per heavy atom. The summed E-state index contributed by atoms with van der Waals surface area (Å²) >= 11 is 0. The fraction of sp³-hybridized carbons (Fsp3) is 0.875. The van der Waals surface area contributed by atoms with Crippen LogP contribution in [0.2, 0.25) is 0 Å². The van der Waals surface area contributed by atoms with E-state index in [1.165, 1.54) is 161 Å². The molecule has 0 aliphatic heterocycles. The molecule has 0 radical (unpaired) electrons. The number of aliphatic hydroxyl groups excluding tert-OH is 2. The zero-order chi connectivity index (χ0) is 39.4. The van der Waals surface area contributed by atoms with Crippen molar-refractivity contribution in [2.75, 3.05) is 13.2 Å². The zero-order valence-corrected chi connectivity index (χ0v) is 36.0. The maximum Gasteiger partial charge on any atom is 0.305 e. The molecule has 0 heterocycles. The fourth-order valence-corrected chi connectivity index (χ4v) is 7.04. The number of hydrogen-bond donors (Lipinski definition) is 3. The number of rotatable bonds is 43. The highest BCUT2D eigenvalue weighted by Gasteiger charge is 2.18. The summed E-state index contributed by atoms with van der Waals surface area (Å²) in [6.45, 7) is 4.83. The van der Waals surface area contributed by atoms with Gasteiger partial charge in [0.2, 0.25) is 5.91 Å². The van der Waals surface area contributed by atoms with Crippen molar-refractivity contribution in [2.45, 2.75) is 257 Å². The van der Waals surface area contributed by atoms with E-state index < -0.39 is 12.1 Å². The standard InChI is InChI=1S/C48H91NO5/c1-3-5-7-9-11-13-15-16-17-22-26-30-34-38-42-48(53)54-43-39-35-31-27-23-19-18-21-25-29-33-37-41-47(52)49-45(44-50)46(51)40-36-32-28-24-20-14-12-10-8-6-4-2/h15-16,36,40,45-46,50-51H,3-14,17-35,37-39,41-44H2,1-2H3,(H,49,52)/b16-15-,40-36+. The topological polar surface area (TPSA) is 95.9 Å². The van der Waals surface area contributed by atoms with Crippen LogP contribution in [0.25, 0.3) is 0 Å². The van der Waals surface area contributed by atoms with E-state index in [1.807, 2.05) is 6.08 Å². The van der Waals surface area contributed by atoms with Gasteiger partial charge >= 0.3 is 5.97 Å². The minimum absolute atomic E-state index is 0.0202. The average molecular weight is 762 g/mol. The molecule has 2 atom stereocenters. The maximum absolute atomic E-state index is 12.4. The number of esters is 1. The Morgan fingerprint density at radius 3 is 1.31 bits per heavy atom. The summed E-state index contributed by atoms with van der Waals surface area (Å²) in [5.41, 5.74) is 0. The molecule has 0 aromatic heterocycles. The molecule has 318 valence electrons. The summed E-state index contributed by atoms with van der Waals surface area (Å²) in [4.78, 5) is 24.4. The highest BCUT2D eigenvalue weighted by Crippen LogP contribution is 2.15. The number of ether oxygens (including phenoxy) is 1. The lowest BCUT2D eigenvalue weighted by Crippen LogP contribution is -2.45. The molecule has 0 saturated carbocycles. The van der Waals surface area contributed by atoms with E-state index in [2.05, 4.69) is 31.3 Å². The van der Waals surface area contributed by atoms with Crippen molar-refractivity contribution < 1.29 is 24.5 Å². The Bertz CT molecular complexity index is 843. The second-order valence-electron chi connectivity index (χ2n) is 16.1. The van der Waals surface area contributed by atoms with E-state index in [0.717, 1.165) is 57.8 Å². The molecular formula is C48H91NO5. The minimum Gasteiger partial charge on any atom is -0.466 e. The van der Waals surface area contributed by atoms with Crippen LogP contribution < -0.4 is 5.32 Å². The van der Waals surface area contributed by atoms with Crippen molar-refractivity contribution >= 4 is 11.9 Å². The minimum atomic E-state index is -0.852. The monoisotopic (exact) mass is 762 g/mol. The van der Waals surface area contributed by atoms with Gasteiger partial charge in [-0.05, 0) is 57.8 Å². The van der Waals surface area contributed by atoms with Crippen molar-refractivity contribution in [3.05, 3.63) is 24.3 Å². The molecule has 6 nitrogen and oxygen atoms in total. The van der Waals surface area contributed by atoms with Gasteiger partial charge in [0.05, 0.1) is 25.4 Å². The van der Waals surface area contributed by atoms with Gasteiger partial charge in [0.25, 0.3) is 0 Å². The first-order valence-electron chi connectivity index (χ1n) is 23.6. The number of aliphatic hydroxyl groups is 2. The molecule has 1 amide bonds. The molecule has 0 bridgehead atoms. The van der Waals surface area contributed by atoms with Crippen molar-refractivity contribution in [3.63, 3.8) is 0 Å². The summed E-state index contributed by atoms with van der Waals surface area (Å²) in [5.74, 6) is -0.106. The van der Waals surface area contributed by atoms with Crippen LogP contribution in [0.3, 0.4) is 0 Å². The number of nitrogens with one attached hydrogen (secondary N) is 1. The molecule has 0 aromatic carbocycles. The lowest BCUT2D eigenvalue weighted by Gasteiger charge is -2.20. The molecular weight excluding hydrogens is 671 g/mol. The van der Waals surface area contributed by atoms with Crippen LogP contribution in [0.1, 0.15) is 245 Å². The molecule has 0 saturated heterocycles. The average Bonchev–Trinajstić information content (AvgIpc) is 3.17. The summed E-state index contributed by atoms with van der Waals surface area (Å²) in [5, 5.41) is 22.9. The van der Waals surface area contributed by atoms with E-state index in [9.17, 15) is 19.8 Å². The molecule has 0 aliphatic carbocycles. The van der Waals surface area contributed by atoms with E-state index >= 15 is 0 Å². The SMILES string of the molecule is CCCCCCC/C=C\CCCCCCCC(=O)OCCCCCCCCCCCCCCC(=O)NC(CO)C(O)/C=C/CCCCCCCCCCC. The predicted octanol–water partition coefficient (Wildman–Crippen LogP) is 13.6. The largest absolute Gasteiger partial charge is 0.466 e. The molecule has 0 aromatic rings. The molecule has 0 spiro atoms. The molecule has 0 fully saturated rings. The van der Waals surface area contributed by atoms with Gasteiger partial charge in [-0.2, -0.15) is 0 Å². The molecule has 54 heavy (non-hydrogen) atoms. The third-order valence-corrected chi connectivity index (χ3v) is 10.7. The first-order valence-corrected chi connectivity index (χ1v) is 23.6. The van der Waals surface area contributed by atoms with Gasteiger partial charge in [-0.25, -0.2) is 0 Å². The molecule has 2 unspecified atom stereocenters. The highest BCUT2D eigenvalue weighted by molar-refractivity contribution is 5.76. The van der Waals surface area contributed by atoms with Gasteiger partial charge in [-0.3, -0.25) is 9.59 Å². The third kappa shape index (κ3) is 40.0.